The predicted molar refractivity (Wildman–Crippen MR) is 76.9 cm³/mol. The first-order valence-electron chi connectivity index (χ1n) is 6.61. The molecule has 100 valence electrons. The Bertz CT molecular complexity index is 279. The van der Waals surface area contributed by atoms with Crippen LogP contribution in [0, 0.1) is 0 Å². The molecule has 2 aliphatic rings. The molecule has 2 rings (SSSR count). The summed E-state index contributed by atoms with van der Waals surface area (Å²) in [6.45, 7) is 14.6. The highest BCUT2D eigenvalue weighted by atomic mass is 32.2. The molecule has 0 saturated carbocycles. The molecule has 0 amide bonds. The lowest BCUT2D eigenvalue weighted by atomic mass is 10.2. The van der Waals surface area contributed by atoms with Gasteiger partial charge in [0, 0.05) is 10.1 Å². The molecule has 17 heavy (non-hydrogen) atoms. The summed E-state index contributed by atoms with van der Waals surface area (Å²) >= 11 is 2.02. The smallest absolute Gasteiger partial charge is 0.349 e. The monoisotopic (exact) mass is 274 g/mol. The molecule has 2 aliphatic heterocycles. The van der Waals surface area contributed by atoms with Crippen molar-refractivity contribution >= 4 is 20.3 Å². The summed E-state index contributed by atoms with van der Waals surface area (Å²) in [4.78, 5) is 0. The van der Waals surface area contributed by atoms with Crippen LogP contribution >= 0.6 is 11.8 Å². The van der Waals surface area contributed by atoms with E-state index in [9.17, 15) is 0 Å². The molecule has 0 aliphatic carbocycles. The summed E-state index contributed by atoms with van der Waals surface area (Å²) in [7, 11) is -2.19. The second-order valence-corrected chi connectivity index (χ2v) is 13.4. The van der Waals surface area contributed by atoms with E-state index in [-0.39, 0.29) is 10.1 Å². The summed E-state index contributed by atoms with van der Waals surface area (Å²) in [6, 6.07) is 0. The van der Waals surface area contributed by atoms with Gasteiger partial charge >= 0.3 is 8.56 Å². The fourth-order valence-electron chi connectivity index (χ4n) is 3.28. The van der Waals surface area contributed by atoms with Gasteiger partial charge in [-0.3, -0.25) is 0 Å². The molecule has 2 atom stereocenters. The van der Waals surface area contributed by atoms with Crippen LogP contribution in [0.25, 0.3) is 0 Å². The maximum absolute atomic E-state index is 6.62. The Hall–Kier alpha value is 0.487. The van der Waals surface area contributed by atoms with E-state index in [4.69, 9.17) is 8.85 Å². The van der Waals surface area contributed by atoms with E-state index in [1.165, 1.54) is 12.2 Å². The number of hydrogen-bond donors (Lipinski definition) is 0. The van der Waals surface area contributed by atoms with Gasteiger partial charge in [-0.15, -0.1) is 0 Å². The minimum absolute atomic E-state index is 0.128. The number of thioether (sulfide) groups is 1. The van der Waals surface area contributed by atoms with Gasteiger partial charge in [-0.25, -0.2) is 0 Å². The van der Waals surface area contributed by atoms with Crippen molar-refractivity contribution in [2.75, 3.05) is 12.4 Å². The second kappa shape index (κ2) is 4.25. The first kappa shape index (κ1) is 13.9. The summed E-state index contributed by atoms with van der Waals surface area (Å²) < 4.78 is 13.0. The first-order valence-corrected chi connectivity index (χ1v) is 9.47. The summed E-state index contributed by atoms with van der Waals surface area (Å²) in [5, 5.41) is 0.841. The average molecular weight is 275 g/mol. The fraction of sp³-hybridized carbons (Fsp3) is 1.00. The third-order valence-electron chi connectivity index (χ3n) is 3.89. The zero-order valence-corrected chi connectivity index (χ0v) is 13.8. The van der Waals surface area contributed by atoms with Crippen LogP contribution in [0.2, 0.25) is 10.1 Å². The minimum atomic E-state index is -2.19. The van der Waals surface area contributed by atoms with Crippen molar-refractivity contribution in [1.82, 2.24) is 0 Å². The summed E-state index contributed by atoms with van der Waals surface area (Å²) in [6.07, 6.45) is 1.65. The number of hydrogen-bond acceptors (Lipinski definition) is 3. The van der Waals surface area contributed by atoms with E-state index in [0.29, 0.717) is 11.4 Å². The lowest BCUT2D eigenvalue weighted by Gasteiger charge is -2.53. The molecule has 0 N–H and O–H groups in total. The van der Waals surface area contributed by atoms with Crippen LogP contribution < -0.4 is 0 Å². The van der Waals surface area contributed by atoms with Crippen LogP contribution in [0.5, 0.6) is 0 Å². The average Bonchev–Trinajstić information content (AvgIpc) is 2.59. The zero-order chi connectivity index (χ0) is 12.9. The van der Waals surface area contributed by atoms with Crippen molar-refractivity contribution in [2.45, 2.75) is 69.4 Å². The Labute approximate surface area is 111 Å². The van der Waals surface area contributed by atoms with E-state index < -0.39 is 8.56 Å². The van der Waals surface area contributed by atoms with E-state index in [0.717, 1.165) is 6.61 Å². The van der Waals surface area contributed by atoms with Crippen molar-refractivity contribution < 1.29 is 8.85 Å². The van der Waals surface area contributed by atoms with Gasteiger partial charge in [-0.05, 0) is 12.2 Å². The Balaban J connectivity index is 2.30. The van der Waals surface area contributed by atoms with Gasteiger partial charge in [-0.2, -0.15) is 11.8 Å². The van der Waals surface area contributed by atoms with Crippen molar-refractivity contribution in [3.63, 3.8) is 0 Å². The van der Waals surface area contributed by atoms with Crippen LogP contribution in [0.15, 0.2) is 0 Å². The molecule has 2 saturated heterocycles. The summed E-state index contributed by atoms with van der Waals surface area (Å²) in [5.74, 6) is 1.23. The normalized spacial score (nSPS) is 33.5. The lowest BCUT2D eigenvalue weighted by molar-refractivity contribution is 0.0293. The first-order chi connectivity index (χ1) is 7.67. The second-order valence-electron chi connectivity index (χ2n) is 7.28. The lowest BCUT2D eigenvalue weighted by Crippen LogP contribution is -2.63. The van der Waals surface area contributed by atoms with Gasteiger partial charge in [0.25, 0.3) is 0 Å². The third-order valence-corrected chi connectivity index (χ3v) is 10.4. The van der Waals surface area contributed by atoms with Gasteiger partial charge in [0.05, 0.1) is 18.0 Å². The van der Waals surface area contributed by atoms with Crippen molar-refractivity contribution in [3.05, 3.63) is 0 Å². The molecule has 0 aromatic heterocycles. The van der Waals surface area contributed by atoms with E-state index in [2.05, 4.69) is 41.5 Å². The van der Waals surface area contributed by atoms with Crippen LogP contribution in [-0.2, 0) is 8.85 Å². The molecule has 0 spiro atoms. The van der Waals surface area contributed by atoms with Crippen LogP contribution in [0.3, 0.4) is 0 Å². The van der Waals surface area contributed by atoms with Crippen LogP contribution in [0.4, 0.5) is 0 Å². The Kier molecular flexibility index (Phi) is 3.48. The molecule has 0 aromatic rings. The van der Waals surface area contributed by atoms with E-state index in [1.54, 1.807) is 0 Å². The Morgan fingerprint density at radius 2 is 1.65 bits per heavy atom. The molecule has 0 aromatic carbocycles. The van der Waals surface area contributed by atoms with Gasteiger partial charge in [0.2, 0.25) is 0 Å². The Morgan fingerprint density at radius 1 is 1.06 bits per heavy atom. The van der Waals surface area contributed by atoms with Gasteiger partial charge < -0.3 is 8.85 Å². The predicted octanol–water partition coefficient (Wildman–Crippen LogP) is 3.95. The third kappa shape index (κ3) is 2.22. The molecule has 2 heterocycles. The van der Waals surface area contributed by atoms with Gasteiger partial charge in [0.15, 0.2) is 0 Å². The maximum atomic E-state index is 6.62. The Morgan fingerprint density at radius 3 is 2.18 bits per heavy atom. The van der Waals surface area contributed by atoms with Crippen molar-refractivity contribution in [2.24, 2.45) is 0 Å². The van der Waals surface area contributed by atoms with Gasteiger partial charge in [0.1, 0.15) is 0 Å². The molecule has 2 unspecified atom stereocenters. The van der Waals surface area contributed by atoms with Gasteiger partial charge in [-0.1, -0.05) is 41.5 Å². The molecule has 0 bridgehead atoms. The number of fused-ring (bicyclic) bond motifs is 1. The van der Waals surface area contributed by atoms with Crippen molar-refractivity contribution in [3.8, 4) is 0 Å². The summed E-state index contributed by atoms with van der Waals surface area (Å²) in [5.41, 5.74) is 0. The number of rotatable bonds is 0. The highest BCUT2D eigenvalue weighted by Gasteiger charge is 2.62. The molecular weight excluding hydrogens is 248 g/mol. The molecule has 2 nitrogen and oxygen atoms in total. The fourth-order valence-corrected chi connectivity index (χ4v) is 9.75. The van der Waals surface area contributed by atoms with E-state index >= 15 is 0 Å². The van der Waals surface area contributed by atoms with Crippen LogP contribution in [-0.4, -0.2) is 32.3 Å². The standard InChI is InChI=1S/C13H26O2SSi/c1-12(2,3)17(13(4,5)6)14-9-11-10(15-17)7-8-16-11/h10-11H,7-9H2,1-6H3. The van der Waals surface area contributed by atoms with Crippen LogP contribution in [0.1, 0.15) is 48.0 Å². The minimum Gasteiger partial charge on any atom is -0.392 e. The van der Waals surface area contributed by atoms with Crippen molar-refractivity contribution in [1.29, 1.82) is 0 Å². The molecular formula is C13H26O2SSi. The molecule has 0 radical (unpaired) electrons. The highest BCUT2D eigenvalue weighted by molar-refractivity contribution is 8.00. The van der Waals surface area contributed by atoms with E-state index in [1.807, 2.05) is 11.8 Å². The highest BCUT2D eigenvalue weighted by Crippen LogP contribution is 2.55. The maximum Gasteiger partial charge on any atom is 0.349 e. The SMILES string of the molecule is CC(C)(C)[Si]1(C(C)(C)C)OCC2SCCC2O1. The molecule has 4 heteroatoms. The largest absolute Gasteiger partial charge is 0.392 e. The topological polar surface area (TPSA) is 18.5 Å². The molecule has 2 fully saturated rings. The zero-order valence-electron chi connectivity index (χ0n) is 12.0. The quantitative estimate of drug-likeness (QED) is 0.623.